The summed E-state index contributed by atoms with van der Waals surface area (Å²) in [7, 11) is 0. The van der Waals surface area contributed by atoms with Crippen molar-refractivity contribution in [3.63, 3.8) is 0 Å². The van der Waals surface area contributed by atoms with Crippen LogP contribution in [0, 0.1) is 5.92 Å². The molecule has 0 aliphatic heterocycles. The van der Waals surface area contributed by atoms with Gasteiger partial charge in [0.05, 0.1) is 0 Å². The van der Waals surface area contributed by atoms with Crippen molar-refractivity contribution in [2.45, 2.75) is 46.0 Å². The largest absolute Gasteiger partial charge is 0.316 e. The fraction of sp³-hybridized carbons (Fsp3) is 0.667. The quantitative estimate of drug-likeness (QED) is 0.695. The molecule has 0 radical (unpaired) electrons. The molecule has 2 atom stereocenters. The van der Waals surface area contributed by atoms with Crippen LogP contribution in [0.2, 0.25) is 0 Å². The van der Waals surface area contributed by atoms with Gasteiger partial charge in [0.2, 0.25) is 0 Å². The normalized spacial score (nSPS) is 14.5. The molecule has 1 N–H and O–H groups in total. The molecule has 2 nitrogen and oxygen atoms in total. The van der Waals surface area contributed by atoms with Gasteiger partial charge in [-0.3, -0.25) is 4.98 Å². The molecular formula is C15H26N2. The number of pyridine rings is 1. The van der Waals surface area contributed by atoms with Gasteiger partial charge in [-0.15, -0.1) is 0 Å². The van der Waals surface area contributed by atoms with Gasteiger partial charge in [-0.2, -0.15) is 0 Å². The second-order valence-electron chi connectivity index (χ2n) is 4.86. The topological polar surface area (TPSA) is 24.9 Å². The zero-order valence-electron chi connectivity index (χ0n) is 11.4. The fourth-order valence-corrected chi connectivity index (χ4v) is 2.33. The molecule has 1 aromatic heterocycles. The van der Waals surface area contributed by atoms with Gasteiger partial charge in [-0.25, -0.2) is 0 Å². The van der Waals surface area contributed by atoms with Crippen LogP contribution in [-0.2, 0) is 0 Å². The molecule has 0 saturated carbocycles. The monoisotopic (exact) mass is 234 g/mol. The maximum Gasteiger partial charge on any atom is 0.0303 e. The lowest BCUT2D eigenvalue weighted by atomic mass is 9.85. The van der Waals surface area contributed by atoms with E-state index in [1.807, 2.05) is 18.5 Å². The van der Waals surface area contributed by atoms with Crippen molar-refractivity contribution in [2.24, 2.45) is 5.92 Å². The Labute approximate surface area is 106 Å². The van der Waals surface area contributed by atoms with Crippen LogP contribution in [-0.4, -0.2) is 18.1 Å². The molecule has 0 aliphatic carbocycles. The number of rotatable bonds is 8. The number of hydrogen-bond donors (Lipinski definition) is 1. The first-order chi connectivity index (χ1) is 8.29. The summed E-state index contributed by atoms with van der Waals surface area (Å²) in [6.45, 7) is 9.00. The van der Waals surface area contributed by atoms with Gasteiger partial charge in [-0.05, 0) is 30.5 Å². The molecule has 0 saturated heterocycles. The molecule has 0 spiro atoms. The van der Waals surface area contributed by atoms with Crippen LogP contribution in [0.4, 0.5) is 0 Å². The first-order valence-corrected chi connectivity index (χ1v) is 6.90. The van der Waals surface area contributed by atoms with Gasteiger partial charge < -0.3 is 5.32 Å². The summed E-state index contributed by atoms with van der Waals surface area (Å²) in [6, 6.07) is 4.25. The smallest absolute Gasteiger partial charge is 0.0303 e. The summed E-state index contributed by atoms with van der Waals surface area (Å²) in [5, 5.41) is 3.55. The Bertz CT molecular complexity index is 284. The molecule has 96 valence electrons. The Balaban J connectivity index is 2.64. The van der Waals surface area contributed by atoms with E-state index in [1.54, 1.807) is 0 Å². The third-order valence-corrected chi connectivity index (χ3v) is 3.33. The molecule has 17 heavy (non-hydrogen) atoms. The predicted molar refractivity (Wildman–Crippen MR) is 74.2 cm³/mol. The SMILES string of the molecule is CCCNCC(c1cccnc1)C(C)CCC. The number of hydrogen-bond acceptors (Lipinski definition) is 2. The van der Waals surface area contributed by atoms with Crippen LogP contribution in [0.15, 0.2) is 24.5 Å². The van der Waals surface area contributed by atoms with Crippen molar-refractivity contribution in [3.8, 4) is 0 Å². The molecule has 0 amide bonds. The predicted octanol–water partition coefficient (Wildman–Crippen LogP) is 3.60. The van der Waals surface area contributed by atoms with Crippen LogP contribution >= 0.6 is 0 Å². The van der Waals surface area contributed by atoms with Crippen molar-refractivity contribution in [3.05, 3.63) is 30.1 Å². The molecule has 1 heterocycles. The Morgan fingerprint density at radius 1 is 1.29 bits per heavy atom. The number of nitrogens with zero attached hydrogens (tertiary/aromatic N) is 1. The van der Waals surface area contributed by atoms with E-state index in [-0.39, 0.29) is 0 Å². The molecule has 2 unspecified atom stereocenters. The van der Waals surface area contributed by atoms with Crippen LogP contribution in [0.3, 0.4) is 0 Å². The lowest BCUT2D eigenvalue weighted by Gasteiger charge is -2.24. The lowest BCUT2D eigenvalue weighted by molar-refractivity contribution is 0.403. The van der Waals surface area contributed by atoms with E-state index in [4.69, 9.17) is 0 Å². The average molecular weight is 234 g/mol. The second kappa shape index (κ2) is 8.24. The molecule has 0 aromatic carbocycles. The molecule has 1 rings (SSSR count). The average Bonchev–Trinajstić information content (AvgIpc) is 2.36. The van der Waals surface area contributed by atoms with Gasteiger partial charge in [-0.1, -0.05) is 39.7 Å². The van der Waals surface area contributed by atoms with Crippen molar-refractivity contribution in [1.82, 2.24) is 10.3 Å². The molecule has 0 fully saturated rings. The zero-order valence-corrected chi connectivity index (χ0v) is 11.4. The van der Waals surface area contributed by atoms with E-state index in [2.05, 4.69) is 37.1 Å². The summed E-state index contributed by atoms with van der Waals surface area (Å²) in [5.41, 5.74) is 1.37. The lowest BCUT2D eigenvalue weighted by Crippen LogP contribution is -2.26. The highest BCUT2D eigenvalue weighted by atomic mass is 14.9. The third kappa shape index (κ3) is 4.86. The fourth-order valence-electron chi connectivity index (χ4n) is 2.33. The van der Waals surface area contributed by atoms with Crippen LogP contribution in [0.5, 0.6) is 0 Å². The highest BCUT2D eigenvalue weighted by Gasteiger charge is 2.18. The summed E-state index contributed by atoms with van der Waals surface area (Å²) in [6.07, 6.45) is 7.61. The van der Waals surface area contributed by atoms with Crippen LogP contribution in [0.1, 0.15) is 51.5 Å². The minimum atomic E-state index is 0.593. The Morgan fingerprint density at radius 3 is 2.71 bits per heavy atom. The summed E-state index contributed by atoms with van der Waals surface area (Å²) >= 11 is 0. The van der Waals surface area contributed by atoms with Crippen molar-refractivity contribution < 1.29 is 0 Å². The van der Waals surface area contributed by atoms with Gasteiger partial charge >= 0.3 is 0 Å². The minimum absolute atomic E-state index is 0.593. The Kier molecular flexibility index (Phi) is 6.87. The maximum atomic E-state index is 4.25. The number of nitrogens with one attached hydrogen (secondary N) is 1. The Morgan fingerprint density at radius 2 is 2.12 bits per heavy atom. The molecule has 1 aromatic rings. The van der Waals surface area contributed by atoms with Gasteiger partial charge in [0.1, 0.15) is 0 Å². The molecule has 0 aliphatic rings. The van der Waals surface area contributed by atoms with E-state index >= 15 is 0 Å². The molecule has 0 bridgehead atoms. The summed E-state index contributed by atoms with van der Waals surface area (Å²) in [5.74, 6) is 1.31. The van der Waals surface area contributed by atoms with Gasteiger partial charge in [0, 0.05) is 24.9 Å². The standard InChI is InChI=1S/C15H26N2/c1-4-7-13(3)15(12-16-9-5-2)14-8-6-10-17-11-14/h6,8,10-11,13,15-16H,4-5,7,9,12H2,1-3H3. The Hall–Kier alpha value is -0.890. The zero-order chi connectivity index (χ0) is 12.5. The van der Waals surface area contributed by atoms with E-state index in [9.17, 15) is 0 Å². The summed E-state index contributed by atoms with van der Waals surface area (Å²) < 4.78 is 0. The van der Waals surface area contributed by atoms with E-state index in [0.717, 1.165) is 13.1 Å². The summed E-state index contributed by atoms with van der Waals surface area (Å²) in [4.78, 5) is 4.25. The third-order valence-electron chi connectivity index (χ3n) is 3.33. The first-order valence-electron chi connectivity index (χ1n) is 6.90. The highest BCUT2D eigenvalue weighted by Crippen LogP contribution is 2.26. The van der Waals surface area contributed by atoms with Crippen LogP contribution < -0.4 is 5.32 Å². The first kappa shape index (κ1) is 14.2. The highest BCUT2D eigenvalue weighted by molar-refractivity contribution is 5.16. The van der Waals surface area contributed by atoms with Crippen molar-refractivity contribution in [1.29, 1.82) is 0 Å². The van der Waals surface area contributed by atoms with Gasteiger partial charge in [0.15, 0.2) is 0 Å². The second-order valence-corrected chi connectivity index (χ2v) is 4.86. The van der Waals surface area contributed by atoms with E-state index < -0.39 is 0 Å². The van der Waals surface area contributed by atoms with Crippen molar-refractivity contribution >= 4 is 0 Å². The van der Waals surface area contributed by atoms with Crippen LogP contribution in [0.25, 0.3) is 0 Å². The van der Waals surface area contributed by atoms with Gasteiger partial charge in [0.25, 0.3) is 0 Å². The maximum absolute atomic E-state index is 4.25. The van der Waals surface area contributed by atoms with E-state index in [0.29, 0.717) is 11.8 Å². The minimum Gasteiger partial charge on any atom is -0.316 e. The van der Waals surface area contributed by atoms with Crippen molar-refractivity contribution in [2.75, 3.05) is 13.1 Å². The number of aromatic nitrogens is 1. The molecular weight excluding hydrogens is 208 g/mol. The van der Waals surface area contributed by atoms with E-state index in [1.165, 1.54) is 24.8 Å². The molecule has 2 heteroatoms.